The number of hydrogen-bond donors (Lipinski definition) is 2. The topological polar surface area (TPSA) is 87.5 Å². The van der Waals surface area contributed by atoms with Crippen molar-refractivity contribution in [1.82, 2.24) is 10.2 Å². The Bertz CT molecular complexity index is 1040. The van der Waals surface area contributed by atoms with Crippen molar-refractivity contribution < 1.29 is 10.0 Å². The van der Waals surface area contributed by atoms with E-state index in [-0.39, 0.29) is 11.3 Å². The fourth-order valence-electron chi connectivity index (χ4n) is 6.94. The Morgan fingerprint density at radius 1 is 1.34 bits per heavy atom. The van der Waals surface area contributed by atoms with E-state index in [4.69, 9.17) is 11.6 Å². The molecule has 5 rings (SSSR count). The number of nitrogens with one attached hydrogen (secondary N) is 1. The van der Waals surface area contributed by atoms with Gasteiger partial charge >= 0.3 is 0 Å². The molecule has 2 N–H and O–H groups in total. The SMILES string of the molecule is C[C@]12CCC3c4ccc(Cl)cc4CCC3C1[C@H](CCC(=O)Nc1cccnn1)C/C2=N\O. The molecule has 32 heavy (non-hydrogen) atoms. The van der Waals surface area contributed by atoms with Crippen molar-refractivity contribution in [2.24, 2.45) is 28.3 Å². The van der Waals surface area contributed by atoms with Gasteiger partial charge in [0.25, 0.3) is 0 Å². The van der Waals surface area contributed by atoms with Gasteiger partial charge in [0.05, 0.1) is 5.71 Å². The fourth-order valence-corrected chi connectivity index (χ4v) is 7.14. The van der Waals surface area contributed by atoms with Crippen molar-refractivity contribution in [3.05, 3.63) is 52.7 Å². The number of aromatic nitrogens is 2. The molecular formula is C25H29ClN4O2. The maximum absolute atomic E-state index is 12.6. The van der Waals surface area contributed by atoms with Crippen LogP contribution in [0.25, 0.3) is 0 Å². The summed E-state index contributed by atoms with van der Waals surface area (Å²) in [5.74, 6) is 2.24. The van der Waals surface area contributed by atoms with Crippen LogP contribution < -0.4 is 5.32 Å². The second kappa shape index (κ2) is 8.47. The summed E-state index contributed by atoms with van der Waals surface area (Å²) in [6, 6.07) is 9.86. The average molecular weight is 453 g/mol. The molecule has 1 heterocycles. The molecule has 3 aliphatic carbocycles. The van der Waals surface area contributed by atoms with Crippen molar-refractivity contribution in [3.8, 4) is 0 Å². The number of nitrogens with zero attached hydrogens (tertiary/aromatic N) is 3. The number of fused-ring (bicyclic) bond motifs is 5. The summed E-state index contributed by atoms with van der Waals surface area (Å²) in [5, 5.41) is 25.0. The number of halogens is 1. The van der Waals surface area contributed by atoms with Gasteiger partial charge in [-0.15, -0.1) is 5.10 Å². The van der Waals surface area contributed by atoms with Gasteiger partial charge in [0.1, 0.15) is 0 Å². The first-order valence-electron chi connectivity index (χ1n) is 11.6. The number of aryl methyl sites for hydroxylation is 1. The molecule has 2 fully saturated rings. The van der Waals surface area contributed by atoms with Crippen molar-refractivity contribution >= 4 is 29.0 Å². The summed E-state index contributed by atoms with van der Waals surface area (Å²) in [6.45, 7) is 2.28. The van der Waals surface area contributed by atoms with Gasteiger partial charge in [-0.25, -0.2) is 0 Å². The molecule has 0 radical (unpaired) electrons. The smallest absolute Gasteiger partial charge is 0.225 e. The minimum Gasteiger partial charge on any atom is -0.411 e. The van der Waals surface area contributed by atoms with Crippen LogP contribution in [0.3, 0.4) is 0 Å². The van der Waals surface area contributed by atoms with Gasteiger partial charge in [-0.1, -0.05) is 29.7 Å². The normalized spacial score (nSPS) is 32.1. The molecule has 2 aromatic rings. The monoisotopic (exact) mass is 452 g/mol. The molecule has 0 spiro atoms. The van der Waals surface area contributed by atoms with Crippen molar-refractivity contribution in [2.45, 2.75) is 57.8 Å². The van der Waals surface area contributed by atoms with E-state index in [1.165, 1.54) is 11.1 Å². The number of rotatable bonds is 4. The van der Waals surface area contributed by atoms with Gasteiger partial charge in [0, 0.05) is 23.1 Å². The quantitative estimate of drug-likeness (QED) is 0.476. The summed E-state index contributed by atoms with van der Waals surface area (Å²) in [6.07, 6.45) is 7.84. The molecule has 3 unspecified atom stereocenters. The van der Waals surface area contributed by atoms with Gasteiger partial charge in [0.2, 0.25) is 5.91 Å². The number of amides is 1. The molecule has 1 amide bonds. The van der Waals surface area contributed by atoms with Crippen LogP contribution in [0.5, 0.6) is 0 Å². The van der Waals surface area contributed by atoms with Gasteiger partial charge < -0.3 is 10.5 Å². The Hall–Kier alpha value is -2.47. The van der Waals surface area contributed by atoms with Gasteiger partial charge in [-0.05, 0) is 97.6 Å². The second-order valence-corrected chi connectivity index (χ2v) is 10.3. The van der Waals surface area contributed by atoms with E-state index in [0.29, 0.717) is 35.9 Å². The van der Waals surface area contributed by atoms with Gasteiger partial charge in [0.15, 0.2) is 5.82 Å². The first-order chi connectivity index (χ1) is 15.5. The third-order valence-electron chi connectivity index (χ3n) is 8.27. The lowest BCUT2D eigenvalue weighted by Gasteiger charge is -2.50. The van der Waals surface area contributed by atoms with Crippen molar-refractivity contribution in [2.75, 3.05) is 5.32 Å². The molecule has 5 atom stereocenters. The molecule has 6 nitrogen and oxygen atoms in total. The van der Waals surface area contributed by atoms with Crippen molar-refractivity contribution in [1.29, 1.82) is 0 Å². The maximum atomic E-state index is 12.6. The maximum Gasteiger partial charge on any atom is 0.225 e. The van der Waals surface area contributed by atoms with E-state index < -0.39 is 0 Å². The first-order valence-corrected chi connectivity index (χ1v) is 11.9. The summed E-state index contributed by atoms with van der Waals surface area (Å²) in [5.41, 5.74) is 3.66. The Balaban J connectivity index is 1.36. The van der Waals surface area contributed by atoms with Gasteiger partial charge in [-0.3, -0.25) is 4.79 Å². The zero-order chi connectivity index (χ0) is 22.3. The van der Waals surface area contributed by atoms with E-state index in [0.717, 1.165) is 49.3 Å². The van der Waals surface area contributed by atoms with Crippen LogP contribution in [0.1, 0.15) is 62.5 Å². The third kappa shape index (κ3) is 3.68. The number of anilines is 1. The zero-order valence-electron chi connectivity index (χ0n) is 18.3. The first kappa shape index (κ1) is 21.4. The predicted octanol–water partition coefficient (Wildman–Crippen LogP) is 5.46. The van der Waals surface area contributed by atoms with Gasteiger partial charge in [-0.2, -0.15) is 5.10 Å². The number of oxime groups is 1. The molecule has 3 aliphatic rings. The lowest BCUT2D eigenvalue weighted by molar-refractivity contribution is -0.116. The van der Waals surface area contributed by atoms with Crippen LogP contribution in [0, 0.1) is 23.2 Å². The number of carbonyl (C=O) groups is 1. The minimum atomic E-state index is -0.0914. The molecule has 1 aromatic heterocycles. The molecule has 0 bridgehead atoms. The van der Waals surface area contributed by atoms with E-state index >= 15 is 0 Å². The van der Waals surface area contributed by atoms with E-state index in [1.54, 1.807) is 18.3 Å². The number of benzene rings is 1. The molecule has 1 aromatic carbocycles. The van der Waals surface area contributed by atoms with E-state index in [1.807, 2.05) is 6.07 Å². The van der Waals surface area contributed by atoms with Crippen LogP contribution in [0.4, 0.5) is 5.82 Å². The largest absolute Gasteiger partial charge is 0.411 e. The van der Waals surface area contributed by atoms with E-state index in [2.05, 4.69) is 39.7 Å². The summed E-state index contributed by atoms with van der Waals surface area (Å²) >= 11 is 6.26. The molecule has 0 aliphatic heterocycles. The molecule has 168 valence electrons. The predicted molar refractivity (Wildman–Crippen MR) is 124 cm³/mol. The highest BCUT2D eigenvalue weighted by atomic mass is 35.5. The lowest BCUT2D eigenvalue weighted by Crippen LogP contribution is -2.44. The summed E-state index contributed by atoms with van der Waals surface area (Å²) < 4.78 is 0. The second-order valence-electron chi connectivity index (χ2n) is 9.84. The summed E-state index contributed by atoms with van der Waals surface area (Å²) in [7, 11) is 0. The van der Waals surface area contributed by atoms with Crippen LogP contribution in [0.15, 0.2) is 41.7 Å². The molecular weight excluding hydrogens is 424 g/mol. The van der Waals surface area contributed by atoms with Crippen LogP contribution in [-0.2, 0) is 11.2 Å². The van der Waals surface area contributed by atoms with Crippen molar-refractivity contribution in [3.63, 3.8) is 0 Å². The Morgan fingerprint density at radius 2 is 2.22 bits per heavy atom. The van der Waals surface area contributed by atoms with Crippen LogP contribution in [0.2, 0.25) is 5.02 Å². The Morgan fingerprint density at radius 3 is 3.00 bits per heavy atom. The summed E-state index contributed by atoms with van der Waals surface area (Å²) in [4.78, 5) is 12.6. The zero-order valence-corrected chi connectivity index (χ0v) is 19.1. The van der Waals surface area contributed by atoms with Crippen LogP contribution >= 0.6 is 11.6 Å². The van der Waals surface area contributed by atoms with Crippen LogP contribution in [-0.4, -0.2) is 27.0 Å². The Labute approximate surface area is 193 Å². The fraction of sp³-hybridized carbons (Fsp3) is 0.520. The lowest BCUT2D eigenvalue weighted by atomic mass is 9.54. The number of hydrogen-bond acceptors (Lipinski definition) is 5. The highest BCUT2D eigenvalue weighted by molar-refractivity contribution is 6.30. The Kier molecular flexibility index (Phi) is 5.66. The molecule has 0 saturated heterocycles. The highest BCUT2D eigenvalue weighted by Crippen LogP contribution is 2.62. The minimum absolute atomic E-state index is 0.0439. The molecule has 2 saturated carbocycles. The standard InChI is InChI=1S/C25H29ClN4O2/c1-25-11-10-19-18-8-6-17(26)13-15(18)4-7-20(19)24(25)16(14-21(25)30-32)5-9-23(31)28-22-3-2-12-27-29-22/h2-3,6,8,12-13,16,19-20,24,32H,4-5,7,9-11,14H2,1H3,(H,28,29,31)/b30-21+/t16-,19?,20?,24?,25-/m1/s1. The van der Waals surface area contributed by atoms with E-state index in [9.17, 15) is 10.0 Å². The number of carbonyl (C=O) groups excluding carboxylic acids is 1. The molecule has 7 heteroatoms. The highest BCUT2D eigenvalue weighted by Gasteiger charge is 2.57. The third-order valence-corrected chi connectivity index (χ3v) is 8.50. The average Bonchev–Trinajstić information content (AvgIpc) is 3.09.